The van der Waals surface area contributed by atoms with Crippen molar-refractivity contribution in [2.75, 3.05) is 19.8 Å². The normalized spacial score (nSPS) is 10.7. The van der Waals surface area contributed by atoms with Crippen molar-refractivity contribution in [1.82, 2.24) is 0 Å². The summed E-state index contributed by atoms with van der Waals surface area (Å²) in [6, 6.07) is 5.45. The first-order valence-electron chi connectivity index (χ1n) is 5.97. The van der Waals surface area contributed by atoms with Crippen LogP contribution >= 0.6 is 0 Å². The van der Waals surface area contributed by atoms with E-state index in [0.717, 1.165) is 0 Å². The molecule has 0 spiro atoms. The van der Waals surface area contributed by atoms with Gasteiger partial charge in [-0.1, -0.05) is 0 Å². The molecule has 19 heavy (non-hydrogen) atoms. The maximum atomic E-state index is 11.7. The average molecular weight is 267 g/mol. The number of rotatable bonds is 8. The molecule has 0 saturated heterocycles. The van der Waals surface area contributed by atoms with Crippen LogP contribution in [0.1, 0.15) is 24.2 Å². The van der Waals surface area contributed by atoms with Crippen LogP contribution in [0.2, 0.25) is 0 Å². The lowest BCUT2D eigenvalue weighted by Gasteiger charge is -2.07. The summed E-state index contributed by atoms with van der Waals surface area (Å²) < 4.78 is 10.4. The summed E-state index contributed by atoms with van der Waals surface area (Å²) in [6.07, 6.45) is 0.133. The van der Waals surface area contributed by atoms with E-state index in [1.54, 1.807) is 0 Å². The second-order valence-corrected chi connectivity index (χ2v) is 4.20. The number of nitro groups is 1. The predicted molar refractivity (Wildman–Crippen MR) is 69.3 cm³/mol. The van der Waals surface area contributed by atoms with Gasteiger partial charge in [-0.15, -0.1) is 0 Å². The van der Waals surface area contributed by atoms with Gasteiger partial charge >= 0.3 is 0 Å². The van der Waals surface area contributed by atoms with Crippen LogP contribution in [0.4, 0.5) is 5.69 Å². The minimum atomic E-state index is -0.506. The summed E-state index contributed by atoms with van der Waals surface area (Å²) in [4.78, 5) is 21.6. The fourth-order valence-electron chi connectivity index (χ4n) is 1.36. The average Bonchev–Trinajstić information content (AvgIpc) is 2.37. The van der Waals surface area contributed by atoms with E-state index in [4.69, 9.17) is 9.47 Å². The zero-order chi connectivity index (χ0) is 14.3. The summed E-state index contributed by atoms with van der Waals surface area (Å²) in [5.74, 6) is -0.209. The summed E-state index contributed by atoms with van der Waals surface area (Å²) >= 11 is 0. The van der Waals surface area contributed by atoms with Gasteiger partial charge in [0.1, 0.15) is 6.61 Å². The van der Waals surface area contributed by atoms with Crippen molar-refractivity contribution in [3.63, 3.8) is 0 Å². The van der Waals surface area contributed by atoms with Crippen molar-refractivity contribution in [1.29, 1.82) is 0 Å². The Labute approximate surface area is 111 Å². The second-order valence-electron chi connectivity index (χ2n) is 4.20. The highest BCUT2D eigenvalue weighted by atomic mass is 16.6. The Hall–Kier alpha value is -1.79. The molecule has 1 aromatic carbocycles. The van der Waals surface area contributed by atoms with Crippen LogP contribution in [0.25, 0.3) is 0 Å². The first-order chi connectivity index (χ1) is 9.00. The lowest BCUT2D eigenvalue weighted by atomic mass is 10.1. The highest BCUT2D eigenvalue weighted by molar-refractivity contribution is 5.97. The molecule has 0 saturated carbocycles. The third kappa shape index (κ3) is 5.58. The summed E-state index contributed by atoms with van der Waals surface area (Å²) in [6.45, 7) is 4.56. The van der Waals surface area contributed by atoms with Gasteiger partial charge in [0, 0.05) is 17.7 Å². The molecule has 104 valence electrons. The number of hydrogen-bond donors (Lipinski definition) is 0. The Bertz CT molecular complexity index is 427. The second kappa shape index (κ2) is 7.60. The third-order valence-electron chi connectivity index (χ3n) is 2.31. The van der Waals surface area contributed by atoms with E-state index in [0.29, 0.717) is 18.8 Å². The molecule has 0 radical (unpaired) electrons. The monoisotopic (exact) mass is 267 g/mol. The van der Waals surface area contributed by atoms with E-state index < -0.39 is 4.92 Å². The molecule has 0 atom stereocenters. The Morgan fingerprint density at radius 2 is 1.89 bits per heavy atom. The molecule has 0 aromatic heterocycles. The Morgan fingerprint density at radius 3 is 2.42 bits per heavy atom. The fraction of sp³-hybridized carbons (Fsp3) is 0.462. The third-order valence-corrected chi connectivity index (χ3v) is 2.31. The first-order valence-corrected chi connectivity index (χ1v) is 5.97. The number of carbonyl (C=O) groups is 1. The van der Waals surface area contributed by atoms with Gasteiger partial charge in [0.15, 0.2) is 5.78 Å². The minimum absolute atomic E-state index is 0.0391. The lowest BCUT2D eigenvalue weighted by molar-refractivity contribution is -0.384. The van der Waals surface area contributed by atoms with E-state index in [-0.39, 0.29) is 24.2 Å². The van der Waals surface area contributed by atoms with Crippen LogP contribution in [0.3, 0.4) is 0 Å². The maximum Gasteiger partial charge on any atom is 0.269 e. The van der Waals surface area contributed by atoms with E-state index in [1.807, 2.05) is 13.8 Å². The van der Waals surface area contributed by atoms with Gasteiger partial charge < -0.3 is 9.47 Å². The number of ether oxygens (including phenoxy) is 2. The molecule has 6 heteroatoms. The van der Waals surface area contributed by atoms with Crippen LogP contribution in [0, 0.1) is 10.1 Å². The maximum absolute atomic E-state index is 11.7. The summed E-state index contributed by atoms with van der Waals surface area (Å²) in [5.41, 5.74) is 0.359. The number of Topliss-reactive ketones (excluding diaryl/α,β-unsaturated/α-hetero) is 1. The molecule has 0 N–H and O–H groups in total. The van der Waals surface area contributed by atoms with Crippen molar-refractivity contribution >= 4 is 11.5 Å². The quantitative estimate of drug-likeness (QED) is 0.312. The summed E-state index contributed by atoms with van der Waals surface area (Å²) in [5, 5.41) is 10.5. The fourth-order valence-corrected chi connectivity index (χ4v) is 1.36. The zero-order valence-corrected chi connectivity index (χ0v) is 11.0. The zero-order valence-electron chi connectivity index (χ0n) is 11.0. The predicted octanol–water partition coefficient (Wildman–Crippen LogP) is 2.22. The van der Waals surface area contributed by atoms with Crippen molar-refractivity contribution < 1.29 is 19.2 Å². The highest BCUT2D eigenvalue weighted by Crippen LogP contribution is 2.12. The van der Waals surface area contributed by atoms with Crippen molar-refractivity contribution in [3.8, 4) is 0 Å². The van der Waals surface area contributed by atoms with E-state index in [9.17, 15) is 14.9 Å². The molecule has 0 aliphatic rings. The number of non-ortho nitro benzene ring substituents is 1. The largest absolute Gasteiger partial charge is 0.376 e. The van der Waals surface area contributed by atoms with Crippen LogP contribution in [0.15, 0.2) is 24.3 Å². The van der Waals surface area contributed by atoms with Crippen molar-refractivity contribution in [3.05, 3.63) is 39.9 Å². The van der Waals surface area contributed by atoms with Gasteiger partial charge in [0.2, 0.25) is 0 Å². The van der Waals surface area contributed by atoms with Gasteiger partial charge in [0.05, 0.1) is 24.2 Å². The Kier molecular flexibility index (Phi) is 6.11. The first kappa shape index (κ1) is 15.3. The summed E-state index contributed by atoms with van der Waals surface area (Å²) in [7, 11) is 0. The standard InChI is InChI=1S/C13H17NO5/c1-10(2)19-8-7-18-9-13(15)11-3-5-12(6-4-11)14(16)17/h3-6,10H,7-9H2,1-2H3. The van der Waals surface area contributed by atoms with Gasteiger partial charge in [-0.25, -0.2) is 0 Å². The molecule has 0 aliphatic carbocycles. The van der Waals surface area contributed by atoms with Gasteiger partial charge in [0.25, 0.3) is 5.69 Å². The van der Waals surface area contributed by atoms with Crippen LogP contribution in [0.5, 0.6) is 0 Å². The molecule has 0 unspecified atom stereocenters. The number of hydrogen-bond acceptors (Lipinski definition) is 5. The minimum Gasteiger partial charge on any atom is -0.376 e. The van der Waals surface area contributed by atoms with Gasteiger partial charge in [-0.3, -0.25) is 14.9 Å². The number of nitro benzene ring substituents is 1. The molecule has 0 aliphatic heterocycles. The molecule has 1 rings (SSSR count). The van der Waals surface area contributed by atoms with E-state index in [2.05, 4.69) is 0 Å². The topological polar surface area (TPSA) is 78.7 Å². The number of carbonyl (C=O) groups excluding carboxylic acids is 1. The SMILES string of the molecule is CC(C)OCCOCC(=O)c1ccc([N+](=O)[O-])cc1. The molecule has 0 fully saturated rings. The van der Waals surface area contributed by atoms with Gasteiger partial charge in [-0.2, -0.15) is 0 Å². The molecule has 1 aromatic rings. The van der Waals surface area contributed by atoms with Crippen LogP contribution in [-0.2, 0) is 9.47 Å². The molecule has 6 nitrogen and oxygen atoms in total. The molecule has 0 bridgehead atoms. The molecular formula is C13H17NO5. The Morgan fingerprint density at radius 1 is 1.26 bits per heavy atom. The Balaban J connectivity index is 2.35. The molecule has 0 amide bonds. The molecular weight excluding hydrogens is 250 g/mol. The van der Waals surface area contributed by atoms with E-state index >= 15 is 0 Å². The number of nitrogens with zero attached hydrogens (tertiary/aromatic N) is 1. The van der Waals surface area contributed by atoms with Crippen LogP contribution < -0.4 is 0 Å². The van der Waals surface area contributed by atoms with Gasteiger partial charge in [-0.05, 0) is 26.0 Å². The lowest BCUT2D eigenvalue weighted by Crippen LogP contribution is -2.14. The van der Waals surface area contributed by atoms with E-state index in [1.165, 1.54) is 24.3 Å². The number of benzene rings is 1. The smallest absolute Gasteiger partial charge is 0.269 e. The molecule has 0 heterocycles. The number of ketones is 1. The van der Waals surface area contributed by atoms with Crippen molar-refractivity contribution in [2.45, 2.75) is 20.0 Å². The van der Waals surface area contributed by atoms with Crippen LogP contribution in [-0.4, -0.2) is 36.6 Å². The highest BCUT2D eigenvalue weighted by Gasteiger charge is 2.09. The van der Waals surface area contributed by atoms with Crippen molar-refractivity contribution in [2.24, 2.45) is 0 Å².